The fourth-order valence-electron chi connectivity index (χ4n) is 1.56. The van der Waals surface area contributed by atoms with Gasteiger partial charge in [-0.3, -0.25) is 0 Å². The Balaban J connectivity index is 2.03. The summed E-state index contributed by atoms with van der Waals surface area (Å²) in [6.45, 7) is 6.22. The van der Waals surface area contributed by atoms with Crippen molar-refractivity contribution in [1.82, 2.24) is 9.97 Å². The Morgan fingerprint density at radius 3 is 2.62 bits per heavy atom. The summed E-state index contributed by atoms with van der Waals surface area (Å²) >= 11 is 0. The van der Waals surface area contributed by atoms with Crippen LogP contribution in [0.25, 0.3) is 0 Å². The van der Waals surface area contributed by atoms with E-state index in [0.717, 1.165) is 23.8 Å². The van der Waals surface area contributed by atoms with Crippen LogP contribution in [-0.4, -0.2) is 9.97 Å². The molecular formula is C12H16N2O2. The van der Waals surface area contributed by atoms with Crippen LogP contribution < -0.4 is 0 Å². The lowest BCUT2D eigenvalue weighted by Crippen LogP contribution is -1.98. The van der Waals surface area contributed by atoms with Crippen molar-refractivity contribution in [2.75, 3.05) is 0 Å². The summed E-state index contributed by atoms with van der Waals surface area (Å²) < 4.78 is 10.6. The van der Waals surface area contributed by atoms with E-state index in [2.05, 4.69) is 30.7 Å². The molecule has 4 nitrogen and oxygen atoms in total. The fraction of sp³-hybridized carbons (Fsp3) is 0.500. The number of nitrogens with zero attached hydrogens (tertiary/aromatic N) is 2. The van der Waals surface area contributed by atoms with Gasteiger partial charge in [-0.05, 0) is 0 Å². The molecule has 4 heteroatoms. The van der Waals surface area contributed by atoms with Crippen LogP contribution in [0.1, 0.15) is 50.0 Å². The van der Waals surface area contributed by atoms with Gasteiger partial charge in [-0.15, -0.1) is 0 Å². The van der Waals surface area contributed by atoms with Crippen LogP contribution in [0.4, 0.5) is 0 Å². The SMILES string of the molecule is CC(C)c1nc(CC(C)c2cnco2)co1. The molecule has 0 saturated carbocycles. The van der Waals surface area contributed by atoms with Crippen molar-refractivity contribution in [2.24, 2.45) is 0 Å². The standard InChI is InChI=1S/C12H16N2O2/c1-8(2)12-14-10(6-15-12)4-9(3)11-5-13-7-16-11/h5-9H,4H2,1-3H3. The van der Waals surface area contributed by atoms with E-state index in [9.17, 15) is 0 Å². The van der Waals surface area contributed by atoms with Crippen LogP contribution in [-0.2, 0) is 6.42 Å². The van der Waals surface area contributed by atoms with Gasteiger partial charge in [0, 0.05) is 18.3 Å². The van der Waals surface area contributed by atoms with Gasteiger partial charge in [-0.25, -0.2) is 9.97 Å². The second-order valence-corrected chi connectivity index (χ2v) is 4.34. The molecule has 0 radical (unpaired) electrons. The second-order valence-electron chi connectivity index (χ2n) is 4.34. The third-order valence-electron chi connectivity index (χ3n) is 2.52. The van der Waals surface area contributed by atoms with E-state index >= 15 is 0 Å². The minimum absolute atomic E-state index is 0.271. The Hall–Kier alpha value is -1.58. The lowest BCUT2D eigenvalue weighted by molar-refractivity contribution is 0.465. The Kier molecular flexibility index (Phi) is 3.08. The average molecular weight is 220 g/mol. The van der Waals surface area contributed by atoms with Crippen LogP contribution in [0, 0.1) is 0 Å². The molecule has 0 aliphatic rings. The summed E-state index contributed by atoms with van der Waals surface area (Å²) in [5.74, 6) is 2.27. The number of rotatable bonds is 4. The topological polar surface area (TPSA) is 52.1 Å². The van der Waals surface area contributed by atoms with Gasteiger partial charge in [0.25, 0.3) is 0 Å². The van der Waals surface area contributed by atoms with E-state index < -0.39 is 0 Å². The molecule has 0 aromatic carbocycles. The fourth-order valence-corrected chi connectivity index (χ4v) is 1.56. The van der Waals surface area contributed by atoms with E-state index in [1.807, 2.05) is 0 Å². The number of hydrogen-bond acceptors (Lipinski definition) is 4. The maximum Gasteiger partial charge on any atom is 0.196 e. The van der Waals surface area contributed by atoms with Crippen LogP contribution >= 0.6 is 0 Å². The predicted molar refractivity (Wildman–Crippen MR) is 59.2 cm³/mol. The maximum atomic E-state index is 5.39. The first-order valence-electron chi connectivity index (χ1n) is 5.49. The van der Waals surface area contributed by atoms with Crippen LogP contribution in [0.3, 0.4) is 0 Å². The molecule has 2 heterocycles. The van der Waals surface area contributed by atoms with Crippen molar-refractivity contribution >= 4 is 0 Å². The highest BCUT2D eigenvalue weighted by Crippen LogP contribution is 2.21. The summed E-state index contributed by atoms with van der Waals surface area (Å²) in [5, 5.41) is 0. The monoisotopic (exact) mass is 220 g/mol. The van der Waals surface area contributed by atoms with E-state index in [0.29, 0.717) is 5.92 Å². The number of hydrogen-bond donors (Lipinski definition) is 0. The molecular weight excluding hydrogens is 204 g/mol. The van der Waals surface area contributed by atoms with Crippen LogP contribution in [0.2, 0.25) is 0 Å². The third-order valence-corrected chi connectivity index (χ3v) is 2.52. The lowest BCUT2D eigenvalue weighted by atomic mass is 10.0. The van der Waals surface area contributed by atoms with E-state index in [-0.39, 0.29) is 5.92 Å². The third kappa shape index (κ3) is 2.32. The van der Waals surface area contributed by atoms with Gasteiger partial charge in [-0.1, -0.05) is 20.8 Å². The molecule has 16 heavy (non-hydrogen) atoms. The van der Waals surface area contributed by atoms with Gasteiger partial charge in [0.15, 0.2) is 12.3 Å². The van der Waals surface area contributed by atoms with Crippen molar-refractivity contribution in [3.8, 4) is 0 Å². The normalized spacial score (nSPS) is 13.2. The van der Waals surface area contributed by atoms with E-state index in [4.69, 9.17) is 8.83 Å². The summed E-state index contributed by atoms with van der Waals surface area (Å²) in [6, 6.07) is 0. The molecule has 86 valence electrons. The zero-order chi connectivity index (χ0) is 11.5. The molecule has 0 fully saturated rings. The predicted octanol–water partition coefficient (Wildman–Crippen LogP) is 3.13. The first kappa shape index (κ1) is 10.9. The van der Waals surface area contributed by atoms with Crippen molar-refractivity contribution in [1.29, 1.82) is 0 Å². The molecule has 2 rings (SSSR count). The minimum Gasteiger partial charge on any atom is -0.448 e. The highest BCUT2D eigenvalue weighted by molar-refractivity contribution is 5.06. The summed E-state index contributed by atoms with van der Waals surface area (Å²) in [5.41, 5.74) is 0.965. The van der Waals surface area contributed by atoms with Crippen molar-refractivity contribution in [3.63, 3.8) is 0 Å². The molecule has 0 aliphatic carbocycles. The molecule has 0 amide bonds. The van der Waals surface area contributed by atoms with E-state index in [1.54, 1.807) is 12.5 Å². The van der Waals surface area contributed by atoms with Gasteiger partial charge in [0.05, 0.1) is 11.9 Å². The van der Waals surface area contributed by atoms with Crippen molar-refractivity contribution < 1.29 is 8.83 Å². The Bertz CT molecular complexity index is 432. The molecule has 0 saturated heterocycles. The Labute approximate surface area is 94.7 Å². The highest BCUT2D eigenvalue weighted by Gasteiger charge is 2.14. The Morgan fingerprint density at radius 1 is 1.25 bits per heavy atom. The largest absolute Gasteiger partial charge is 0.448 e. The van der Waals surface area contributed by atoms with Gasteiger partial charge in [0.1, 0.15) is 12.0 Å². The molecule has 0 bridgehead atoms. The first-order chi connectivity index (χ1) is 7.66. The molecule has 2 aromatic rings. The average Bonchev–Trinajstić information content (AvgIpc) is 2.87. The van der Waals surface area contributed by atoms with Gasteiger partial charge in [-0.2, -0.15) is 0 Å². The second kappa shape index (κ2) is 4.51. The van der Waals surface area contributed by atoms with Crippen LogP contribution in [0.5, 0.6) is 0 Å². The first-order valence-corrected chi connectivity index (χ1v) is 5.49. The molecule has 2 aromatic heterocycles. The van der Waals surface area contributed by atoms with Crippen LogP contribution in [0.15, 0.2) is 27.7 Å². The molecule has 1 unspecified atom stereocenters. The smallest absolute Gasteiger partial charge is 0.196 e. The summed E-state index contributed by atoms with van der Waals surface area (Å²) in [7, 11) is 0. The Morgan fingerprint density at radius 2 is 2.06 bits per heavy atom. The highest BCUT2D eigenvalue weighted by atomic mass is 16.3. The number of aromatic nitrogens is 2. The van der Waals surface area contributed by atoms with Gasteiger partial charge >= 0.3 is 0 Å². The van der Waals surface area contributed by atoms with Crippen molar-refractivity contribution in [3.05, 3.63) is 36.2 Å². The quantitative estimate of drug-likeness (QED) is 0.794. The molecule has 0 N–H and O–H groups in total. The van der Waals surface area contributed by atoms with E-state index in [1.165, 1.54) is 6.39 Å². The molecule has 0 spiro atoms. The van der Waals surface area contributed by atoms with Crippen molar-refractivity contribution in [2.45, 2.75) is 39.0 Å². The van der Waals surface area contributed by atoms with Gasteiger partial charge in [0.2, 0.25) is 0 Å². The number of oxazole rings is 2. The zero-order valence-corrected chi connectivity index (χ0v) is 9.80. The molecule has 0 aliphatic heterocycles. The lowest BCUT2D eigenvalue weighted by Gasteiger charge is -2.03. The summed E-state index contributed by atoms with van der Waals surface area (Å²) in [6.07, 6.45) is 5.73. The van der Waals surface area contributed by atoms with Gasteiger partial charge < -0.3 is 8.83 Å². The molecule has 1 atom stereocenters. The maximum absolute atomic E-state index is 5.39. The minimum atomic E-state index is 0.271. The zero-order valence-electron chi connectivity index (χ0n) is 9.80. The summed E-state index contributed by atoms with van der Waals surface area (Å²) in [4.78, 5) is 8.34.